The van der Waals surface area contributed by atoms with Gasteiger partial charge < -0.3 is 9.47 Å². The van der Waals surface area contributed by atoms with E-state index in [0.717, 1.165) is 11.1 Å². The molecule has 0 N–H and O–H groups in total. The lowest BCUT2D eigenvalue weighted by molar-refractivity contribution is 0.104. The van der Waals surface area contributed by atoms with Crippen LogP contribution in [0.4, 0.5) is 0 Å². The summed E-state index contributed by atoms with van der Waals surface area (Å²) in [7, 11) is -3.43. The Morgan fingerprint density at radius 3 is 2.41 bits per heavy atom. The lowest BCUT2D eigenvalue weighted by Crippen LogP contribution is -2.14. The molecule has 4 nitrogen and oxygen atoms in total. The summed E-state index contributed by atoms with van der Waals surface area (Å²) in [5.41, 5.74) is 1.30. The van der Waals surface area contributed by atoms with Crippen LogP contribution in [0.3, 0.4) is 0 Å². The maximum atomic E-state index is 12.4. The third-order valence-electron chi connectivity index (χ3n) is 3.58. The quantitative estimate of drug-likeness (QED) is 0.769. The zero-order valence-corrected chi connectivity index (χ0v) is 13.1. The van der Waals surface area contributed by atoms with Crippen molar-refractivity contribution in [1.82, 2.24) is 0 Å². The van der Waals surface area contributed by atoms with Gasteiger partial charge in [0.1, 0.15) is 6.10 Å². The van der Waals surface area contributed by atoms with Crippen molar-refractivity contribution in [3.63, 3.8) is 0 Å². The average molecular weight is 318 g/mol. The molecule has 0 bridgehead atoms. The molecule has 1 saturated heterocycles. The van der Waals surface area contributed by atoms with Gasteiger partial charge in [-0.15, -0.1) is 0 Å². The number of ether oxygens (including phenoxy) is 2. The topological polar surface area (TPSA) is 55.9 Å². The van der Waals surface area contributed by atoms with E-state index < -0.39 is 15.3 Å². The number of benzene rings is 2. The van der Waals surface area contributed by atoms with Crippen LogP contribution in [0.15, 0.2) is 59.5 Å². The Labute approximate surface area is 130 Å². The molecule has 22 heavy (non-hydrogen) atoms. The zero-order valence-electron chi connectivity index (χ0n) is 12.3. The predicted molar refractivity (Wildman–Crippen MR) is 83.1 cm³/mol. The molecule has 116 valence electrons. The van der Waals surface area contributed by atoms with Crippen molar-refractivity contribution in [3.8, 4) is 0 Å². The van der Waals surface area contributed by atoms with E-state index in [4.69, 9.17) is 9.47 Å². The van der Waals surface area contributed by atoms with Gasteiger partial charge in [0.05, 0.1) is 18.1 Å². The molecule has 0 radical (unpaired) electrons. The second kappa shape index (κ2) is 6.20. The molecule has 1 fully saturated rings. The Balaban J connectivity index is 1.54. The highest BCUT2D eigenvalue weighted by molar-refractivity contribution is 7.92. The number of aryl methyl sites for hydroxylation is 1. The van der Waals surface area contributed by atoms with Gasteiger partial charge in [-0.3, -0.25) is 0 Å². The number of hydrogen-bond donors (Lipinski definition) is 0. The third-order valence-corrected chi connectivity index (χ3v) is 5.54. The van der Waals surface area contributed by atoms with E-state index in [1.807, 2.05) is 37.3 Å². The SMILES string of the molecule is Cc1ccc(S(=O)(=O)C2OC2COCc2ccccc2)cc1. The van der Waals surface area contributed by atoms with E-state index in [0.29, 0.717) is 11.5 Å². The number of hydrogen-bond acceptors (Lipinski definition) is 4. The summed E-state index contributed by atoms with van der Waals surface area (Å²) in [4.78, 5) is 0.300. The molecule has 3 rings (SSSR count). The van der Waals surface area contributed by atoms with Crippen LogP contribution in [-0.4, -0.2) is 26.6 Å². The number of sulfone groups is 1. The van der Waals surface area contributed by atoms with Crippen molar-refractivity contribution in [3.05, 3.63) is 65.7 Å². The van der Waals surface area contributed by atoms with Crippen LogP contribution in [0.1, 0.15) is 11.1 Å². The summed E-state index contributed by atoms with van der Waals surface area (Å²) in [6.07, 6.45) is -0.380. The Hall–Kier alpha value is -1.69. The van der Waals surface area contributed by atoms with Crippen LogP contribution in [0.2, 0.25) is 0 Å². The molecular weight excluding hydrogens is 300 g/mol. The highest BCUT2D eigenvalue weighted by Crippen LogP contribution is 2.33. The molecule has 2 aromatic rings. The van der Waals surface area contributed by atoms with Gasteiger partial charge in [0.25, 0.3) is 0 Å². The highest BCUT2D eigenvalue weighted by atomic mass is 32.2. The fourth-order valence-electron chi connectivity index (χ4n) is 2.25. The van der Waals surface area contributed by atoms with E-state index in [2.05, 4.69) is 0 Å². The van der Waals surface area contributed by atoms with Crippen molar-refractivity contribution in [2.45, 2.75) is 30.0 Å². The normalized spacial score (nSPS) is 20.8. The van der Waals surface area contributed by atoms with Gasteiger partial charge in [0, 0.05) is 0 Å². The molecule has 0 aliphatic carbocycles. The molecule has 2 atom stereocenters. The molecule has 5 heteroatoms. The standard InChI is InChI=1S/C17H18O4S/c1-13-7-9-15(10-8-13)22(18,19)17-16(21-17)12-20-11-14-5-3-2-4-6-14/h2-10,16-17H,11-12H2,1H3. The second-order valence-electron chi connectivity index (χ2n) is 5.40. The van der Waals surface area contributed by atoms with Crippen LogP contribution < -0.4 is 0 Å². The van der Waals surface area contributed by atoms with Gasteiger partial charge in [0.15, 0.2) is 5.44 Å². The predicted octanol–water partition coefficient (Wildman–Crippen LogP) is 2.71. The van der Waals surface area contributed by atoms with Gasteiger partial charge in [-0.1, -0.05) is 48.0 Å². The molecular formula is C17H18O4S. The minimum atomic E-state index is -3.43. The van der Waals surface area contributed by atoms with E-state index in [-0.39, 0.29) is 12.7 Å². The summed E-state index contributed by atoms with van der Waals surface area (Å²) in [5.74, 6) is 0. The molecule has 0 spiro atoms. The molecule has 0 saturated carbocycles. The summed E-state index contributed by atoms with van der Waals surface area (Å²) >= 11 is 0. The molecule has 2 aromatic carbocycles. The Morgan fingerprint density at radius 1 is 1.05 bits per heavy atom. The molecule has 2 unspecified atom stereocenters. The first-order chi connectivity index (χ1) is 10.6. The fraction of sp³-hybridized carbons (Fsp3) is 0.294. The van der Waals surface area contributed by atoms with E-state index in [9.17, 15) is 8.42 Å². The average Bonchev–Trinajstić information content (AvgIpc) is 3.29. The van der Waals surface area contributed by atoms with Gasteiger partial charge >= 0.3 is 0 Å². The number of epoxide rings is 1. The third kappa shape index (κ3) is 3.38. The van der Waals surface area contributed by atoms with E-state index in [1.165, 1.54) is 0 Å². The molecule has 1 heterocycles. The van der Waals surface area contributed by atoms with Crippen molar-refractivity contribution in [1.29, 1.82) is 0 Å². The first kappa shape index (κ1) is 15.2. The van der Waals surface area contributed by atoms with Crippen LogP contribution >= 0.6 is 0 Å². The first-order valence-electron chi connectivity index (χ1n) is 7.15. The van der Waals surface area contributed by atoms with Crippen LogP contribution in [0, 0.1) is 6.92 Å². The minimum Gasteiger partial charge on any atom is -0.374 e. The molecule has 0 aromatic heterocycles. The molecule has 1 aliphatic heterocycles. The molecule has 0 amide bonds. The van der Waals surface area contributed by atoms with Gasteiger partial charge in [0.2, 0.25) is 9.84 Å². The van der Waals surface area contributed by atoms with Crippen molar-refractivity contribution < 1.29 is 17.9 Å². The van der Waals surface area contributed by atoms with Gasteiger partial charge in [-0.05, 0) is 24.6 Å². The Kier molecular flexibility index (Phi) is 4.29. The first-order valence-corrected chi connectivity index (χ1v) is 8.70. The van der Waals surface area contributed by atoms with E-state index in [1.54, 1.807) is 24.3 Å². The van der Waals surface area contributed by atoms with Gasteiger partial charge in [-0.25, -0.2) is 8.42 Å². The second-order valence-corrected chi connectivity index (χ2v) is 7.43. The lowest BCUT2D eigenvalue weighted by atomic mass is 10.2. The Bertz CT molecular complexity index is 723. The summed E-state index contributed by atoms with van der Waals surface area (Å²) in [6, 6.07) is 16.6. The summed E-state index contributed by atoms with van der Waals surface area (Å²) in [5, 5.41) is 0. The lowest BCUT2D eigenvalue weighted by Gasteiger charge is -2.03. The monoisotopic (exact) mass is 318 g/mol. The van der Waals surface area contributed by atoms with Crippen LogP contribution in [0.5, 0.6) is 0 Å². The molecule has 1 aliphatic rings. The van der Waals surface area contributed by atoms with E-state index >= 15 is 0 Å². The van der Waals surface area contributed by atoms with Crippen molar-refractivity contribution in [2.24, 2.45) is 0 Å². The summed E-state index contributed by atoms with van der Waals surface area (Å²) < 4.78 is 35.6. The van der Waals surface area contributed by atoms with Crippen molar-refractivity contribution >= 4 is 9.84 Å². The van der Waals surface area contributed by atoms with Crippen molar-refractivity contribution in [2.75, 3.05) is 6.61 Å². The fourth-order valence-corrected chi connectivity index (χ4v) is 3.80. The largest absolute Gasteiger partial charge is 0.374 e. The zero-order chi connectivity index (χ0) is 15.6. The maximum Gasteiger partial charge on any atom is 0.207 e. The summed E-state index contributed by atoms with van der Waals surface area (Å²) in [6.45, 7) is 2.66. The number of rotatable bonds is 6. The van der Waals surface area contributed by atoms with Crippen LogP contribution in [0.25, 0.3) is 0 Å². The van der Waals surface area contributed by atoms with Crippen LogP contribution in [-0.2, 0) is 25.9 Å². The van der Waals surface area contributed by atoms with Gasteiger partial charge in [-0.2, -0.15) is 0 Å². The smallest absolute Gasteiger partial charge is 0.207 e. The Morgan fingerprint density at radius 2 is 1.73 bits per heavy atom. The maximum absolute atomic E-state index is 12.4. The minimum absolute atomic E-state index is 0.282. The highest BCUT2D eigenvalue weighted by Gasteiger charge is 2.50.